The number of carbonyl (C=O) groups is 1. The summed E-state index contributed by atoms with van der Waals surface area (Å²) < 4.78 is 5.72. The Labute approximate surface area is 117 Å². The largest absolute Gasteiger partial charge is 0.372 e. The van der Waals surface area contributed by atoms with Gasteiger partial charge in [-0.05, 0) is 19.8 Å². The molecule has 1 N–H and O–H groups in total. The average Bonchev–Trinajstić information content (AvgIpc) is 2.86. The minimum absolute atomic E-state index is 0.123. The monoisotopic (exact) mass is 284 g/mol. The summed E-state index contributed by atoms with van der Waals surface area (Å²) in [6.07, 6.45) is 1.72. The van der Waals surface area contributed by atoms with Crippen LogP contribution < -0.4 is 5.32 Å². The first-order valence-corrected chi connectivity index (χ1v) is 7.40. The number of hydrogen-bond acceptors (Lipinski definition) is 5. The van der Waals surface area contributed by atoms with Crippen LogP contribution in [0.25, 0.3) is 0 Å². The highest BCUT2D eigenvalue weighted by Crippen LogP contribution is 2.22. The fourth-order valence-corrected chi connectivity index (χ4v) is 2.60. The highest BCUT2D eigenvalue weighted by molar-refractivity contribution is 7.15. The lowest BCUT2D eigenvalue weighted by Gasteiger charge is -2.39. The number of nitrogens with one attached hydrogen (secondary N) is 1. The molecule has 1 atom stereocenters. The first-order chi connectivity index (χ1) is 9.06. The van der Waals surface area contributed by atoms with Gasteiger partial charge in [0, 0.05) is 6.54 Å². The van der Waals surface area contributed by atoms with Gasteiger partial charge < -0.3 is 9.64 Å². The number of amides is 2. The second-order valence-corrected chi connectivity index (χ2v) is 5.92. The van der Waals surface area contributed by atoms with Gasteiger partial charge in [0.05, 0.1) is 18.8 Å². The van der Waals surface area contributed by atoms with Crippen LogP contribution in [0, 0.1) is 0 Å². The maximum atomic E-state index is 12.2. The molecule has 19 heavy (non-hydrogen) atoms. The van der Waals surface area contributed by atoms with E-state index in [1.165, 1.54) is 11.3 Å². The molecule has 0 spiro atoms. The average molecular weight is 284 g/mol. The summed E-state index contributed by atoms with van der Waals surface area (Å²) in [5.74, 6) is 0. The minimum Gasteiger partial charge on any atom is -0.372 e. The molecule has 2 heterocycles. The summed E-state index contributed by atoms with van der Waals surface area (Å²) in [4.78, 5) is 13.9. The van der Waals surface area contributed by atoms with Crippen molar-refractivity contribution < 1.29 is 9.53 Å². The second-order valence-electron chi connectivity index (χ2n) is 4.86. The lowest BCUT2D eigenvalue weighted by atomic mass is 10.0. The van der Waals surface area contributed by atoms with Crippen LogP contribution in [0.1, 0.15) is 32.2 Å². The third-order valence-electron chi connectivity index (χ3n) is 3.36. The Bertz CT molecular complexity index is 451. The van der Waals surface area contributed by atoms with Gasteiger partial charge in [0.1, 0.15) is 5.01 Å². The smallest absolute Gasteiger partial charge is 0.323 e. The summed E-state index contributed by atoms with van der Waals surface area (Å²) in [5, 5.41) is 12.2. The van der Waals surface area contributed by atoms with Crippen LogP contribution in [0.3, 0.4) is 0 Å². The Morgan fingerprint density at radius 2 is 2.32 bits per heavy atom. The van der Waals surface area contributed by atoms with Gasteiger partial charge in [-0.2, -0.15) is 0 Å². The Hall–Kier alpha value is -1.21. The lowest BCUT2D eigenvalue weighted by molar-refractivity contribution is -0.0860. The zero-order valence-corrected chi connectivity index (χ0v) is 12.4. The molecule has 0 aliphatic carbocycles. The van der Waals surface area contributed by atoms with Gasteiger partial charge >= 0.3 is 6.03 Å². The molecule has 1 aliphatic rings. The van der Waals surface area contributed by atoms with Crippen LogP contribution >= 0.6 is 11.3 Å². The van der Waals surface area contributed by atoms with Crippen molar-refractivity contribution in [2.75, 3.05) is 25.0 Å². The summed E-state index contributed by atoms with van der Waals surface area (Å²) >= 11 is 1.42. The van der Waals surface area contributed by atoms with E-state index in [9.17, 15) is 4.79 Å². The third kappa shape index (κ3) is 3.42. The van der Waals surface area contributed by atoms with Crippen LogP contribution in [0.2, 0.25) is 0 Å². The molecule has 2 rings (SSSR count). The molecule has 7 heteroatoms. The summed E-state index contributed by atoms with van der Waals surface area (Å²) in [6, 6.07) is -0.123. The molecule has 6 nitrogen and oxygen atoms in total. The number of ether oxygens (including phenoxy) is 1. The van der Waals surface area contributed by atoms with Crippen molar-refractivity contribution in [3.8, 4) is 0 Å². The van der Waals surface area contributed by atoms with Crippen molar-refractivity contribution in [1.82, 2.24) is 15.1 Å². The fraction of sp³-hybridized carbons (Fsp3) is 0.750. The number of morpholine rings is 1. The van der Waals surface area contributed by atoms with Gasteiger partial charge in [-0.1, -0.05) is 25.2 Å². The number of carbonyl (C=O) groups excluding carboxylic acids is 1. The highest BCUT2D eigenvalue weighted by atomic mass is 32.1. The standard InChI is InChI=1S/C12H20N4O2S/c1-4-9-14-15-10(19-9)13-11(17)16-6-7-18-12(3,5-2)8-16/h4-8H2,1-3H3,(H,13,15,17)/t12-/m0/s1. The van der Waals surface area contributed by atoms with Crippen molar-refractivity contribution >= 4 is 22.5 Å². The summed E-state index contributed by atoms with van der Waals surface area (Å²) in [6.45, 7) is 7.91. The molecule has 0 radical (unpaired) electrons. The number of urea groups is 1. The number of aromatic nitrogens is 2. The normalized spacial score (nSPS) is 23.4. The third-order valence-corrected chi connectivity index (χ3v) is 4.34. The van der Waals surface area contributed by atoms with E-state index in [0.717, 1.165) is 17.8 Å². The minimum atomic E-state index is -0.245. The SMILES string of the molecule is CCc1nnc(NC(=O)N2CCO[C@@](C)(CC)C2)s1. The number of nitrogens with zero attached hydrogens (tertiary/aromatic N) is 3. The lowest BCUT2D eigenvalue weighted by Crippen LogP contribution is -2.53. The van der Waals surface area contributed by atoms with E-state index in [1.807, 2.05) is 13.8 Å². The molecule has 1 aromatic rings. The van der Waals surface area contributed by atoms with Gasteiger partial charge in [-0.3, -0.25) is 5.32 Å². The van der Waals surface area contributed by atoms with Crippen LogP contribution in [0.15, 0.2) is 0 Å². The number of anilines is 1. The molecular weight excluding hydrogens is 264 g/mol. The summed E-state index contributed by atoms with van der Waals surface area (Å²) in [5.41, 5.74) is -0.245. The van der Waals surface area contributed by atoms with Gasteiger partial charge in [-0.25, -0.2) is 4.79 Å². The van der Waals surface area contributed by atoms with E-state index in [1.54, 1.807) is 4.90 Å². The number of aryl methyl sites for hydroxylation is 1. The predicted molar refractivity (Wildman–Crippen MR) is 74.5 cm³/mol. The van der Waals surface area contributed by atoms with E-state index < -0.39 is 0 Å². The molecule has 0 unspecified atom stereocenters. The maximum Gasteiger partial charge on any atom is 0.323 e. The predicted octanol–water partition coefficient (Wildman–Crippen LogP) is 2.13. The molecule has 0 saturated carbocycles. The van der Waals surface area contributed by atoms with E-state index in [0.29, 0.717) is 24.8 Å². The zero-order valence-electron chi connectivity index (χ0n) is 11.6. The Morgan fingerprint density at radius 1 is 1.53 bits per heavy atom. The second kappa shape index (κ2) is 5.83. The number of hydrogen-bond donors (Lipinski definition) is 1. The topological polar surface area (TPSA) is 67.4 Å². The molecule has 1 fully saturated rings. The first kappa shape index (κ1) is 14.2. The quantitative estimate of drug-likeness (QED) is 0.923. The van der Waals surface area contributed by atoms with Gasteiger partial charge in [0.15, 0.2) is 0 Å². The molecule has 1 saturated heterocycles. The van der Waals surface area contributed by atoms with Gasteiger partial charge in [-0.15, -0.1) is 10.2 Å². The Morgan fingerprint density at radius 3 is 2.95 bits per heavy atom. The van der Waals surface area contributed by atoms with E-state index in [-0.39, 0.29) is 11.6 Å². The van der Waals surface area contributed by atoms with Gasteiger partial charge in [0.2, 0.25) is 5.13 Å². The van der Waals surface area contributed by atoms with Crippen LogP contribution in [-0.2, 0) is 11.2 Å². The molecular formula is C12H20N4O2S. The van der Waals surface area contributed by atoms with Crippen LogP contribution in [0.4, 0.5) is 9.93 Å². The Kier molecular flexibility index (Phi) is 4.36. The van der Waals surface area contributed by atoms with Crippen molar-refractivity contribution in [1.29, 1.82) is 0 Å². The Balaban J connectivity index is 1.96. The molecule has 0 aromatic carbocycles. The van der Waals surface area contributed by atoms with Crippen LogP contribution in [-0.4, -0.2) is 46.4 Å². The van der Waals surface area contributed by atoms with E-state index in [4.69, 9.17) is 4.74 Å². The highest BCUT2D eigenvalue weighted by Gasteiger charge is 2.32. The van der Waals surface area contributed by atoms with Crippen molar-refractivity contribution in [3.05, 3.63) is 5.01 Å². The maximum absolute atomic E-state index is 12.2. The molecule has 1 aliphatic heterocycles. The number of rotatable bonds is 3. The fourth-order valence-electron chi connectivity index (χ4n) is 1.94. The summed E-state index contributed by atoms with van der Waals surface area (Å²) in [7, 11) is 0. The molecule has 0 bridgehead atoms. The van der Waals surface area contributed by atoms with Crippen LogP contribution in [0.5, 0.6) is 0 Å². The van der Waals surface area contributed by atoms with Gasteiger partial charge in [0.25, 0.3) is 0 Å². The van der Waals surface area contributed by atoms with Crippen molar-refractivity contribution in [2.45, 2.75) is 39.2 Å². The molecule has 1 aromatic heterocycles. The van der Waals surface area contributed by atoms with E-state index >= 15 is 0 Å². The van der Waals surface area contributed by atoms with Crippen molar-refractivity contribution in [3.63, 3.8) is 0 Å². The van der Waals surface area contributed by atoms with Crippen molar-refractivity contribution in [2.24, 2.45) is 0 Å². The first-order valence-electron chi connectivity index (χ1n) is 6.58. The zero-order chi connectivity index (χ0) is 13.9. The molecule has 2 amide bonds. The van der Waals surface area contributed by atoms with E-state index in [2.05, 4.69) is 22.4 Å². The molecule has 106 valence electrons.